The van der Waals surface area contributed by atoms with Gasteiger partial charge in [-0.25, -0.2) is 4.99 Å². The highest BCUT2D eigenvalue weighted by Gasteiger charge is 2.47. The molecule has 0 unspecified atom stereocenters. The zero-order valence-corrected chi connectivity index (χ0v) is 12.0. The monoisotopic (exact) mass is 297 g/mol. The van der Waals surface area contributed by atoms with Crippen molar-refractivity contribution in [3.8, 4) is 0 Å². The molecule has 0 spiro atoms. The standard InChI is InChI=1S/C13H17BrN2O/c1-4-11-13(2,3)16(17)12(15-11)9-5-7-10(14)8-6-9/h5-8,12,17H,4H2,1-3H3/p+1/t12-/m1/s1. The molecule has 1 aliphatic heterocycles. The van der Waals surface area contributed by atoms with Gasteiger partial charge in [0.25, 0.3) is 6.17 Å². The first kappa shape index (κ1) is 12.7. The Hall–Kier alpha value is -0.710. The van der Waals surface area contributed by atoms with Crippen LogP contribution in [0, 0.1) is 0 Å². The number of benzene rings is 1. The molecule has 0 amide bonds. The largest absolute Gasteiger partial charge is 0.307 e. The quantitative estimate of drug-likeness (QED) is 0.874. The lowest BCUT2D eigenvalue weighted by molar-refractivity contribution is -0.549. The van der Waals surface area contributed by atoms with Crippen LogP contribution in [0.5, 0.6) is 0 Å². The highest BCUT2D eigenvalue weighted by Crippen LogP contribution is 2.27. The fourth-order valence-corrected chi connectivity index (χ4v) is 2.53. The maximum Gasteiger partial charge on any atom is 0.255 e. The van der Waals surface area contributed by atoms with Gasteiger partial charge in [0.2, 0.25) is 0 Å². The molecule has 0 aliphatic carbocycles. The van der Waals surface area contributed by atoms with E-state index in [-0.39, 0.29) is 11.7 Å². The molecule has 1 aliphatic rings. The van der Waals surface area contributed by atoms with Crippen molar-refractivity contribution in [2.75, 3.05) is 0 Å². The molecule has 1 aromatic rings. The van der Waals surface area contributed by atoms with E-state index < -0.39 is 0 Å². The lowest BCUT2D eigenvalue weighted by Crippen LogP contribution is -2.72. The molecule has 1 atom stereocenters. The van der Waals surface area contributed by atoms with Crippen LogP contribution in [0.25, 0.3) is 0 Å². The van der Waals surface area contributed by atoms with Gasteiger partial charge in [-0.1, -0.05) is 22.9 Å². The van der Waals surface area contributed by atoms with E-state index in [1.165, 1.54) is 5.06 Å². The Kier molecular flexibility index (Phi) is 3.39. The van der Waals surface area contributed by atoms with E-state index in [1.54, 1.807) is 0 Å². The van der Waals surface area contributed by atoms with E-state index in [1.807, 2.05) is 38.1 Å². The van der Waals surface area contributed by atoms with Crippen LogP contribution in [0.2, 0.25) is 0 Å². The number of hydrogen-bond donors (Lipinski definition) is 2. The van der Waals surface area contributed by atoms with Gasteiger partial charge in [-0.05, 0) is 38.1 Å². The zero-order chi connectivity index (χ0) is 12.6. The van der Waals surface area contributed by atoms with Crippen molar-refractivity contribution < 1.29 is 10.2 Å². The first-order chi connectivity index (χ1) is 7.96. The molecule has 17 heavy (non-hydrogen) atoms. The first-order valence-corrected chi connectivity index (χ1v) is 6.62. The Morgan fingerprint density at radius 3 is 2.41 bits per heavy atom. The van der Waals surface area contributed by atoms with Crippen LogP contribution < -0.4 is 4.99 Å². The average Bonchev–Trinajstić information content (AvgIpc) is 2.52. The highest BCUT2D eigenvalue weighted by atomic mass is 79.9. The van der Waals surface area contributed by atoms with Crippen molar-refractivity contribution in [1.29, 1.82) is 0 Å². The number of nitrogens with one attached hydrogen (secondary N) is 1. The third-order valence-corrected chi connectivity index (χ3v) is 3.93. The summed E-state index contributed by atoms with van der Waals surface area (Å²) in [4.78, 5) is 3.39. The van der Waals surface area contributed by atoms with E-state index in [0.29, 0.717) is 0 Å². The third kappa shape index (κ3) is 2.17. The molecule has 0 aromatic heterocycles. The number of hydroxylamine groups is 2. The molecule has 3 nitrogen and oxygen atoms in total. The molecule has 0 saturated heterocycles. The summed E-state index contributed by atoms with van der Waals surface area (Å²) in [5.41, 5.74) is 1.90. The van der Waals surface area contributed by atoms with Gasteiger partial charge in [-0.15, -0.1) is 5.06 Å². The molecule has 92 valence electrons. The molecule has 0 radical (unpaired) electrons. The molecule has 0 saturated carbocycles. The second kappa shape index (κ2) is 4.52. The topological polar surface area (TPSA) is 37.4 Å². The van der Waals surface area contributed by atoms with E-state index in [2.05, 4.69) is 27.8 Å². The summed E-state index contributed by atoms with van der Waals surface area (Å²) in [7, 11) is 0. The molecule has 4 heteroatoms. The van der Waals surface area contributed by atoms with Crippen LogP contribution in [0.4, 0.5) is 0 Å². The predicted octanol–water partition coefficient (Wildman–Crippen LogP) is 1.86. The van der Waals surface area contributed by atoms with E-state index >= 15 is 0 Å². The molecule has 2 rings (SSSR count). The molecular weight excluding hydrogens is 280 g/mol. The number of nitrogens with zero attached hydrogens (tertiary/aromatic N) is 1. The molecule has 2 N–H and O–H groups in total. The van der Waals surface area contributed by atoms with E-state index in [0.717, 1.165) is 22.2 Å². The normalized spacial score (nSPS) is 23.8. The van der Waals surface area contributed by atoms with E-state index in [9.17, 15) is 5.21 Å². The molecule has 0 bridgehead atoms. The van der Waals surface area contributed by atoms with Crippen LogP contribution in [0.3, 0.4) is 0 Å². The molecular formula is C13H18BrN2O+. The molecule has 1 aromatic carbocycles. The van der Waals surface area contributed by atoms with Crippen LogP contribution >= 0.6 is 15.9 Å². The van der Waals surface area contributed by atoms with Gasteiger partial charge in [0, 0.05) is 16.5 Å². The summed E-state index contributed by atoms with van der Waals surface area (Å²) in [5.74, 6) is 0. The minimum absolute atomic E-state index is 0.159. The first-order valence-electron chi connectivity index (χ1n) is 5.83. The van der Waals surface area contributed by atoms with Gasteiger partial charge in [-0.2, -0.15) is 0 Å². The zero-order valence-electron chi connectivity index (χ0n) is 10.4. The van der Waals surface area contributed by atoms with Gasteiger partial charge >= 0.3 is 0 Å². The van der Waals surface area contributed by atoms with Gasteiger partial charge in [0.15, 0.2) is 5.71 Å². The van der Waals surface area contributed by atoms with Gasteiger partial charge < -0.3 is 5.21 Å². The predicted molar refractivity (Wildman–Crippen MR) is 70.8 cm³/mol. The van der Waals surface area contributed by atoms with E-state index in [4.69, 9.17) is 0 Å². The van der Waals surface area contributed by atoms with Gasteiger partial charge in [0.1, 0.15) is 5.54 Å². The lowest BCUT2D eigenvalue weighted by Gasteiger charge is -2.25. The lowest BCUT2D eigenvalue weighted by atomic mass is 9.97. The average molecular weight is 298 g/mol. The summed E-state index contributed by atoms with van der Waals surface area (Å²) in [5, 5.41) is 11.7. The summed E-state index contributed by atoms with van der Waals surface area (Å²) in [6.45, 7) is 6.15. The number of halogens is 1. The molecule has 1 heterocycles. The maximum atomic E-state index is 10.3. The molecule has 0 fully saturated rings. The van der Waals surface area contributed by atoms with Crippen molar-refractivity contribution in [1.82, 2.24) is 5.06 Å². The minimum Gasteiger partial charge on any atom is -0.307 e. The Bertz CT molecular complexity index is 439. The highest BCUT2D eigenvalue weighted by molar-refractivity contribution is 9.10. The smallest absolute Gasteiger partial charge is 0.255 e. The Labute approximate surface area is 110 Å². The summed E-state index contributed by atoms with van der Waals surface area (Å²) in [6.07, 6.45) is 0.755. The van der Waals surface area contributed by atoms with Crippen LogP contribution in [0.15, 0.2) is 28.7 Å². The summed E-state index contributed by atoms with van der Waals surface area (Å²) < 4.78 is 1.04. The van der Waals surface area contributed by atoms with Crippen molar-refractivity contribution in [3.05, 3.63) is 34.3 Å². The number of rotatable bonds is 2. The second-order valence-corrected chi connectivity index (χ2v) is 5.75. The SMILES string of the molecule is CCC1=[NH+][C@@H](c2ccc(Br)cc2)N(O)C1(C)C. The maximum absolute atomic E-state index is 10.3. The summed E-state index contributed by atoms with van der Waals surface area (Å²) >= 11 is 3.42. The minimum atomic E-state index is -0.327. The Morgan fingerprint density at radius 1 is 1.35 bits per heavy atom. The van der Waals surface area contributed by atoms with Crippen molar-refractivity contribution in [3.63, 3.8) is 0 Å². The number of hydrogen-bond acceptors (Lipinski definition) is 2. The second-order valence-electron chi connectivity index (χ2n) is 4.83. The van der Waals surface area contributed by atoms with Crippen LogP contribution in [-0.4, -0.2) is 21.5 Å². The summed E-state index contributed by atoms with van der Waals surface area (Å²) in [6, 6.07) is 8.00. The van der Waals surface area contributed by atoms with Gasteiger partial charge in [0.05, 0.1) is 0 Å². The van der Waals surface area contributed by atoms with Gasteiger partial charge in [-0.3, -0.25) is 0 Å². The van der Waals surface area contributed by atoms with Crippen LogP contribution in [0.1, 0.15) is 38.9 Å². The Morgan fingerprint density at radius 2 is 1.94 bits per heavy atom. The van der Waals surface area contributed by atoms with Crippen molar-refractivity contribution in [2.45, 2.75) is 38.9 Å². The van der Waals surface area contributed by atoms with Crippen LogP contribution in [-0.2, 0) is 0 Å². The van der Waals surface area contributed by atoms with Crippen molar-refractivity contribution >= 4 is 21.6 Å². The fraction of sp³-hybridized carbons (Fsp3) is 0.462. The fourth-order valence-electron chi connectivity index (χ4n) is 2.27. The Balaban J connectivity index is 2.35. The van der Waals surface area contributed by atoms with Crippen molar-refractivity contribution in [2.24, 2.45) is 0 Å². The third-order valence-electron chi connectivity index (χ3n) is 3.41.